The molecule has 19 heavy (non-hydrogen) atoms. The Bertz CT molecular complexity index is 433. The van der Waals surface area contributed by atoms with Crippen molar-refractivity contribution in [2.75, 3.05) is 25.1 Å². The zero-order valence-corrected chi connectivity index (χ0v) is 11.5. The van der Waals surface area contributed by atoms with Gasteiger partial charge in [-0.1, -0.05) is 20.8 Å². The number of amides is 1. The minimum atomic E-state index is -0.559. The van der Waals surface area contributed by atoms with Crippen molar-refractivity contribution in [1.82, 2.24) is 9.97 Å². The van der Waals surface area contributed by atoms with E-state index in [-0.39, 0.29) is 17.9 Å². The van der Waals surface area contributed by atoms with Crippen molar-refractivity contribution in [3.8, 4) is 0 Å². The third-order valence-corrected chi connectivity index (χ3v) is 2.70. The summed E-state index contributed by atoms with van der Waals surface area (Å²) in [7, 11) is 0. The molecule has 0 bridgehead atoms. The van der Waals surface area contributed by atoms with Crippen LogP contribution in [0, 0.1) is 0 Å². The first-order valence-corrected chi connectivity index (χ1v) is 6.29. The fourth-order valence-corrected chi connectivity index (χ4v) is 1.64. The molecule has 1 N–H and O–H groups in total. The standard InChI is InChI=1S/C13H19N3O3/c1-13(2,3)12-14-6-9(7-15-12)16-11(17)10-8-18-4-5-19-10/h6-7,10H,4-5,8H2,1-3H3,(H,16,17). The third-order valence-electron chi connectivity index (χ3n) is 2.70. The quantitative estimate of drug-likeness (QED) is 0.867. The molecule has 6 nitrogen and oxygen atoms in total. The molecule has 1 amide bonds. The highest BCUT2D eigenvalue weighted by molar-refractivity contribution is 5.94. The number of carbonyl (C=O) groups is 1. The molecule has 0 aliphatic carbocycles. The summed E-state index contributed by atoms with van der Waals surface area (Å²) in [5.41, 5.74) is 0.454. The van der Waals surface area contributed by atoms with Crippen LogP contribution in [0.1, 0.15) is 26.6 Å². The Morgan fingerprint density at radius 1 is 1.32 bits per heavy atom. The lowest BCUT2D eigenvalue weighted by Crippen LogP contribution is -2.39. The average molecular weight is 265 g/mol. The van der Waals surface area contributed by atoms with Crippen LogP contribution in [0.5, 0.6) is 0 Å². The van der Waals surface area contributed by atoms with Crippen molar-refractivity contribution >= 4 is 11.6 Å². The smallest absolute Gasteiger partial charge is 0.256 e. The van der Waals surface area contributed by atoms with Gasteiger partial charge in [-0.05, 0) is 0 Å². The van der Waals surface area contributed by atoms with E-state index in [0.29, 0.717) is 18.9 Å². The van der Waals surface area contributed by atoms with Gasteiger partial charge in [0.1, 0.15) is 5.82 Å². The molecule has 1 aromatic rings. The first-order chi connectivity index (χ1) is 8.97. The highest BCUT2D eigenvalue weighted by Crippen LogP contribution is 2.18. The number of aromatic nitrogens is 2. The Labute approximate surface area is 112 Å². The van der Waals surface area contributed by atoms with Gasteiger partial charge in [0.2, 0.25) is 0 Å². The SMILES string of the molecule is CC(C)(C)c1ncc(NC(=O)C2COCCO2)cn1. The van der Waals surface area contributed by atoms with Crippen molar-refractivity contribution in [3.63, 3.8) is 0 Å². The van der Waals surface area contributed by atoms with Crippen LogP contribution in [0.3, 0.4) is 0 Å². The number of nitrogens with one attached hydrogen (secondary N) is 1. The summed E-state index contributed by atoms with van der Waals surface area (Å²) in [6.07, 6.45) is 2.65. The molecule has 6 heteroatoms. The number of carbonyl (C=O) groups excluding carboxylic acids is 1. The van der Waals surface area contributed by atoms with Gasteiger partial charge in [-0.25, -0.2) is 9.97 Å². The number of hydrogen-bond donors (Lipinski definition) is 1. The summed E-state index contributed by atoms with van der Waals surface area (Å²) < 4.78 is 10.5. The number of ether oxygens (including phenoxy) is 2. The molecule has 104 valence electrons. The van der Waals surface area contributed by atoms with Gasteiger partial charge >= 0.3 is 0 Å². The second-order valence-corrected chi connectivity index (χ2v) is 5.47. The van der Waals surface area contributed by atoms with Crippen LogP contribution >= 0.6 is 0 Å². The largest absolute Gasteiger partial charge is 0.376 e. The minimum Gasteiger partial charge on any atom is -0.376 e. The first-order valence-electron chi connectivity index (χ1n) is 6.29. The van der Waals surface area contributed by atoms with Crippen molar-refractivity contribution in [2.24, 2.45) is 0 Å². The Kier molecular flexibility index (Phi) is 4.11. The molecule has 1 unspecified atom stereocenters. The van der Waals surface area contributed by atoms with E-state index in [4.69, 9.17) is 9.47 Å². The van der Waals surface area contributed by atoms with Crippen molar-refractivity contribution in [1.29, 1.82) is 0 Å². The highest BCUT2D eigenvalue weighted by atomic mass is 16.6. The van der Waals surface area contributed by atoms with Gasteiger partial charge in [0, 0.05) is 5.41 Å². The molecule has 1 atom stereocenters. The van der Waals surface area contributed by atoms with Crippen LogP contribution < -0.4 is 5.32 Å². The summed E-state index contributed by atoms with van der Waals surface area (Å²) in [6.45, 7) is 7.37. The lowest BCUT2D eigenvalue weighted by molar-refractivity contribution is -0.142. The van der Waals surface area contributed by atoms with E-state index >= 15 is 0 Å². The molecular formula is C13H19N3O3. The molecular weight excluding hydrogens is 246 g/mol. The van der Waals surface area contributed by atoms with Crippen LogP contribution in [0.2, 0.25) is 0 Å². The van der Waals surface area contributed by atoms with E-state index < -0.39 is 6.10 Å². The maximum atomic E-state index is 11.9. The Morgan fingerprint density at radius 2 is 2.00 bits per heavy atom. The topological polar surface area (TPSA) is 73.3 Å². The average Bonchev–Trinajstić information content (AvgIpc) is 2.39. The summed E-state index contributed by atoms with van der Waals surface area (Å²) in [4.78, 5) is 20.4. The Hall–Kier alpha value is -1.53. The van der Waals surface area contributed by atoms with E-state index in [1.165, 1.54) is 0 Å². The predicted molar refractivity (Wildman–Crippen MR) is 69.9 cm³/mol. The number of hydrogen-bond acceptors (Lipinski definition) is 5. The molecule has 1 aliphatic rings. The van der Waals surface area contributed by atoms with E-state index in [9.17, 15) is 4.79 Å². The monoisotopic (exact) mass is 265 g/mol. The zero-order chi connectivity index (χ0) is 13.9. The highest BCUT2D eigenvalue weighted by Gasteiger charge is 2.23. The lowest BCUT2D eigenvalue weighted by atomic mass is 9.96. The molecule has 1 saturated heterocycles. The summed E-state index contributed by atoms with van der Waals surface area (Å²) in [5, 5.41) is 2.72. The van der Waals surface area contributed by atoms with Gasteiger partial charge < -0.3 is 14.8 Å². The van der Waals surface area contributed by atoms with Crippen LogP contribution in [0.15, 0.2) is 12.4 Å². The summed E-state index contributed by atoms with van der Waals surface area (Å²) in [5.74, 6) is 0.509. The molecule has 0 saturated carbocycles. The molecule has 1 fully saturated rings. The minimum absolute atomic E-state index is 0.108. The maximum Gasteiger partial charge on any atom is 0.256 e. The molecule has 0 aromatic carbocycles. The Morgan fingerprint density at radius 3 is 2.53 bits per heavy atom. The normalized spacial score (nSPS) is 20.1. The summed E-state index contributed by atoms with van der Waals surface area (Å²) in [6, 6.07) is 0. The van der Waals surface area contributed by atoms with Crippen LogP contribution in [0.25, 0.3) is 0 Å². The van der Waals surface area contributed by atoms with E-state index in [1.54, 1.807) is 12.4 Å². The number of rotatable bonds is 2. The third kappa shape index (κ3) is 3.71. The molecule has 1 aliphatic heterocycles. The van der Waals surface area contributed by atoms with Gasteiger partial charge in [0.25, 0.3) is 5.91 Å². The molecule has 1 aromatic heterocycles. The first kappa shape index (κ1) is 13.9. The second kappa shape index (κ2) is 5.63. The van der Waals surface area contributed by atoms with Crippen molar-refractivity contribution in [3.05, 3.63) is 18.2 Å². The molecule has 2 rings (SSSR count). The van der Waals surface area contributed by atoms with Gasteiger partial charge in [0.05, 0.1) is 37.9 Å². The van der Waals surface area contributed by atoms with Crippen molar-refractivity contribution < 1.29 is 14.3 Å². The van der Waals surface area contributed by atoms with Gasteiger partial charge in [-0.2, -0.15) is 0 Å². The van der Waals surface area contributed by atoms with Crippen LogP contribution in [0.4, 0.5) is 5.69 Å². The Balaban J connectivity index is 1.97. The van der Waals surface area contributed by atoms with E-state index in [1.807, 2.05) is 20.8 Å². The van der Waals surface area contributed by atoms with Gasteiger partial charge in [-0.3, -0.25) is 4.79 Å². The van der Waals surface area contributed by atoms with Gasteiger partial charge in [-0.15, -0.1) is 0 Å². The molecule has 2 heterocycles. The zero-order valence-electron chi connectivity index (χ0n) is 11.5. The predicted octanol–water partition coefficient (Wildman–Crippen LogP) is 1.13. The van der Waals surface area contributed by atoms with Gasteiger partial charge in [0.15, 0.2) is 6.10 Å². The van der Waals surface area contributed by atoms with E-state index in [2.05, 4.69) is 15.3 Å². The second-order valence-electron chi connectivity index (χ2n) is 5.47. The fraction of sp³-hybridized carbons (Fsp3) is 0.615. The molecule has 0 spiro atoms. The summed E-state index contributed by atoms with van der Waals surface area (Å²) >= 11 is 0. The fourth-order valence-electron chi connectivity index (χ4n) is 1.64. The maximum absolute atomic E-state index is 11.9. The number of nitrogens with zero attached hydrogens (tertiary/aromatic N) is 2. The molecule has 0 radical (unpaired) electrons. The van der Waals surface area contributed by atoms with E-state index in [0.717, 1.165) is 5.82 Å². The lowest BCUT2D eigenvalue weighted by Gasteiger charge is -2.22. The van der Waals surface area contributed by atoms with Crippen LogP contribution in [-0.2, 0) is 19.7 Å². The van der Waals surface area contributed by atoms with Crippen LogP contribution in [-0.4, -0.2) is 41.8 Å². The number of anilines is 1. The van der Waals surface area contributed by atoms with Crippen molar-refractivity contribution in [2.45, 2.75) is 32.3 Å².